The summed E-state index contributed by atoms with van der Waals surface area (Å²) in [7, 11) is 2.21. The van der Waals surface area contributed by atoms with Crippen molar-refractivity contribution in [1.82, 2.24) is 4.90 Å². The number of likely N-dealkylation sites (tertiary alicyclic amines) is 1. The summed E-state index contributed by atoms with van der Waals surface area (Å²) in [6, 6.07) is 22.2. The quantitative estimate of drug-likeness (QED) is 0.784. The van der Waals surface area contributed by atoms with E-state index in [1.54, 1.807) is 5.57 Å². The van der Waals surface area contributed by atoms with E-state index in [0.717, 1.165) is 13.0 Å². The number of hydrogen-bond donors (Lipinski definition) is 0. The smallest absolute Gasteiger partial charge is 0.0202 e. The van der Waals surface area contributed by atoms with Crippen molar-refractivity contribution in [3.63, 3.8) is 0 Å². The first-order valence-electron chi connectivity index (χ1n) is 7.29. The lowest BCUT2D eigenvalue weighted by Crippen LogP contribution is -2.20. The Labute approximate surface area is 121 Å². The van der Waals surface area contributed by atoms with Gasteiger partial charge in [-0.25, -0.2) is 0 Å². The summed E-state index contributed by atoms with van der Waals surface area (Å²) in [6.07, 6.45) is 1.16. The predicted molar refractivity (Wildman–Crippen MR) is 85.6 cm³/mol. The molecule has 1 heteroatoms. The molecule has 1 aliphatic rings. The Balaban J connectivity index is 2.13. The summed E-state index contributed by atoms with van der Waals surface area (Å²) in [5, 5.41) is 0. The molecule has 2 aromatic carbocycles. The van der Waals surface area contributed by atoms with Crippen molar-refractivity contribution in [1.29, 1.82) is 0 Å². The standard InChI is InChI=1S/C19H21N/c1-15-13-18(14-20(15)2)19(16-9-5-3-6-10-16)17-11-7-4-8-12-17/h3-12,15H,13-14H2,1-2H3. The molecule has 0 bridgehead atoms. The van der Waals surface area contributed by atoms with E-state index in [1.807, 2.05) is 0 Å². The maximum Gasteiger partial charge on any atom is 0.0202 e. The van der Waals surface area contributed by atoms with Crippen molar-refractivity contribution in [2.24, 2.45) is 0 Å². The molecule has 20 heavy (non-hydrogen) atoms. The van der Waals surface area contributed by atoms with Crippen LogP contribution in [0.1, 0.15) is 24.5 Å². The van der Waals surface area contributed by atoms with Gasteiger partial charge in [0, 0.05) is 12.6 Å². The molecular formula is C19H21N. The van der Waals surface area contributed by atoms with Gasteiger partial charge in [0.05, 0.1) is 0 Å². The molecular weight excluding hydrogens is 242 g/mol. The van der Waals surface area contributed by atoms with E-state index in [0.29, 0.717) is 6.04 Å². The van der Waals surface area contributed by atoms with Crippen LogP contribution in [-0.4, -0.2) is 24.5 Å². The number of nitrogens with zero attached hydrogens (tertiary/aromatic N) is 1. The zero-order chi connectivity index (χ0) is 13.9. The molecule has 1 fully saturated rings. The highest BCUT2D eigenvalue weighted by atomic mass is 15.1. The molecule has 3 rings (SSSR count). The fourth-order valence-corrected chi connectivity index (χ4v) is 3.00. The van der Waals surface area contributed by atoms with Crippen molar-refractivity contribution in [3.8, 4) is 0 Å². The topological polar surface area (TPSA) is 3.24 Å². The Bertz CT molecular complexity index is 545. The molecule has 1 saturated heterocycles. The van der Waals surface area contributed by atoms with Gasteiger partial charge in [0.2, 0.25) is 0 Å². The molecule has 1 unspecified atom stereocenters. The van der Waals surface area contributed by atoms with Crippen molar-refractivity contribution >= 4 is 5.57 Å². The van der Waals surface area contributed by atoms with E-state index < -0.39 is 0 Å². The predicted octanol–water partition coefficient (Wildman–Crippen LogP) is 4.21. The van der Waals surface area contributed by atoms with E-state index >= 15 is 0 Å². The zero-order valence-electron chi connectivity index (χ0n) is 12.2. The van der Waals surface area contributed by atoms with Gasteiger partial charge in [0.15, 0.2) is 0 Å². The number of hydrogen-bond acceptors (Lipinski definition) is 1. The Morgan fingerprint density at radius 1 is 0.900 bits per heavy atom. The largest absolute Gasteiger partial charge is 0.299 e. The van der Waals surface area contributed by atoms with Crippen molar-refractivity contribution < 1.29 is 0 Å². The third-order valence-electron chi connectivity index (χ3n) is 4.21. The molecule has 0 radical (unpaired) electrons. The Morgan fingerprint density at radius 3 is 1.80 bits per heavy atom. The van der Waals surface area contributed by atoms with Gasteiger partial charge in [-0.2, -0.15) is 0 Å². The minimum atomic E-state index is 0.632. The first-order chi connectivity index (χ1) is 9.75. The third-order valence-corrected chi connectivity index (χ3v) is 4.21. The second kappa shape index (κ2) is 5.64. The van der Waals surface area contributed by atoms with Gasteiger partial charge in [-0.1, -0.05) is 60.7 Å². The van der Waals surface area contributed by atoms with Crippen LogP contribution in [0, 0.1) is 0 Å². The summed E-state index contributed by atoms with van der Waals surface area (Å²) in [5.74, 6) is 0. The van der Waals surface area contributed by atoms with Crippen LogP contribution < -0.4 is 0 Å². The number of benzene rings is 2. The monoisotopic (exact) mass is 263 g/mol. The van der Waals surface area contributed by atoms with Crippen LogP contribution in [0.15, 0.2) is 66.2 Å². The van der Waals surface area contributed by atoms with E-state index in [1.165, 1.54) is 16.7 Å². The highest BCUT2D eigenvalue weighted by Gasteiger charge is 2.24. The van der Waals surface area contributed by atoms with Gasteiger partial charge in [-0.05, 0) is 42.7 Å². The maximum atomic E-state index is 2.43. The highest BCUT2D eigenvalue weighted by molar-refractivity contribution is 5.82. The minimum Gasteiger partial charge on any atom is -0.299 e. The van der Waals surface area contributed by atoms with Gasteiger partial charge in [-0.15, -0.1) is 0 Å². The van der Waals surface area contributed by atoms with Gasteiger partial charge < -0.3 is 0 Å². The zero-order valence-corrected chi connectivity index (χ0v) is 12.2. The van der Waals surface area contributed by atoms with Gasteiger partial charge in [0.25, 0.3) is 0 Å². The number of rotatable bonds is 2. The van der Waals surface area contributed by atoms with Gasteiger partial charge >= 0.3 is 0 Å². The Morgan fingerprint density at radius 2 is 1.40 bits per heavy atom. The number of likely N-dealkylation sites (N-methyl/N-ethyl adjacent to an activating group) is 1. The molecule has 0 saturated carbocycles. The van der Waals surface area contributed by atoms with E-state index in [2.05, 4.69) is 79.5 Å². The van der Waals surface area contributed by atoms with Gasteiger partial charge in [-0.3, -0.25) is 4.90 Å². The Kier molecular flexibility index (Phi) is 3.70. The summed E-state index contributed by atoms with van der Waals surface area (Å²) < 4.78 is 0. The molecule has 1 atom stereocenters. The van der Waals surface area contributed by atoms with Crippen molar-refractivity contribution in [2.45, 2.75) is 19.4 Å². The molecule has 0 aliphatic carbocycles. The highest BCUT2D eigenvalue weighted by Crippen LogP contribution is 2.33. The maximum absolute atomic E-state index is 2.43. The second-order valence-electron chi connectivity index (χ2n) is 5.68. The Hall–Kier alpha value is -1.86. The second-order valence-corrected chi connectivity index (χ2v) is 5.68. The van der Waals surface area contributed by atoms with Crippen LogP contribution in [-0.2, 0) is 0 Å². The molecule has 0 amide bonds. The fraction of sp³-hybridized carbons (Fsp3) is 0.263. The molecule has 102 valence electrons. The van der Waals surface area contributed by atoms with Crippen LogP contribution >= 0.6 is 0 Å². The van der Waals surface area contributed by atoms with E-state index in [9.17, 15) is 0 Å². The summed E-state index contributed by atoms with van der Waals surface area (Å²) >= 11 is 0. The first kappa shape index (κ1) is 13.1. The van der Waals surface area contributed by atoms with E-state index in [-0.39, 0.29) is 0 Å². The van der Waals surface area contributed by atoms with Crippen LogP contribution in [0.5, 0.6) is 0 Å². The van der Waals surface area contributed by atoms with Crippen molar-refractivity contribution in [2.75, 3.05) is 13.6 Å². The lowest BCUT2D eigenvalue weighted by Gasteiger charge is -2.13. The normalized spacial score (nSPS) is 19.3. The van der Waals surface area contributed by atoms with Crippen LogP contribution in [0.2, 0.25) is 0 Å². The lowest BCUT2D eigenvalue weighted by molar-refractivity contribution is 0.332. The first-order valence-corrected chi connectivity index (χ1v) is 7.29. The van der Waals surface area contributed by atoms with Crippen LogP contribution in [0.3, 0.4) is 0 Å². The SMILES string of the molecule is CC1CC(=C(c2ccccc2)c2ccccc2)CN1C. The van der Waals surface area contributed by atoms with E-state index in [4.69, 9.17) is 0 Å². The summed E-state index contributed by atoms with van der Waals surface area (Å²) in [6.45, 7) is 3.38. The molecule has 0 spiro atoms. The average Bonchev–Trinajstić information content (AvgIpc) is 2.81. The lowest BCUT2D eigenvalue weighted by atomic mass is 9.92. The average molecular weight is 263 g/mol. The molecule has 2 aromatic rings. The summed E-state index contributed by atoms with van der Waals surface area (Å²) in [5.41, 5.74) is 5.63. The fourth-order valence-electron chi connectivity index (χ4n) is 3.00. The summed E-state index contributed by atoms with van der Waals surface area (Å²) in [4.78, 5) is 2.43. The van der Waals surface area contributed by atoms with Crippen LogP contribution in [0.25, 0.3) is 5.57 Å². The molecule has 0 aromatic heterocycles. The third kappa shape index (κ3) is 2.54. The minimum absolute atomic E-state index is 0.632. The molecule has 1 aliphatic heterocycles. The molecule has 1 heterocycles. The van der Waals surface area contributed by atoms with Crippen LogP contribution in [0.4, 0.5) is 0 Å². The van der Waals surface area contributed by atoms with Crippen molar-refractivity contribution in [3.05, 3.63) is 77.4 Å². The molecule has 1 nitrogen and oxygen atoms in total. The molecule has 0 N–H and O–H groups in total. The van der Waals surface area contributed by atoms with Gasteiger partial charge in [0.1, 0.15) is 0 Å².